The second kappa shape index (κ2) is 6.73. The molecule has 0 fully saturated rings. The van der Waals surface area contributed by atoms with Gasteiger partial charge >= 0.3 is 35.5 Å². The van der Waals surface area contributed by atoms with Gasteiger partial charge in [-0.15, -0.1) is 0 Å². The predicted octanol–water partition coefficient (Wildman–Crippen LogP) is -1.39. The molecule has 0 unspecified atom stereocenters. The molecule has 2 nitrogen and oxygen atoms in total. The zero-order chi connectivity index (χ0) is 10.1. The van der Waals surface area contributed by atoms with Crippen molar-refractivity contribution in [3.05, 3.63) is 35.4 Å². The predicted molar refractivity (Wildman–Crippen MR) is 63.2 cm³/mol. The van der Waals surface area contributed by atoms with E-state index in [1.54, 1.807) is 12.1 Å². The Kier molecular flexibility index (Phi) is 7.90. The van der Waals surface area contributed by atoms with E-state index in [-0.39, 0.29) is 53.8 Å². The van der Waals surface area contributed by atoms with Crippen LogP contribution in [-0.4, -0.2) is 28.4 Å². The summed E-state index contributed by atoms with van der Waals surface area (Å²) in [5.41, 5.74) is 1.57. The van der Waals surface area contributed by atoms with E-state index in [2.05, 4.69) is 20.8 Å². The average molecular weight is 232 g/mol. The van der Waals surface area contributed by atoms with E-state index in [1.165, 1.54) is 0 Å². The van der Waals surface area contributed by atoms with Crippen LogP contribution in [0.1, 0.15) is 38.1 Å². The molecule has 0 atom stereocenters. The number of carboxylic acid groups (broad SMARTS) is 1. The van der Waals surface area contributed by atoms with Crippen LogP contribution in [0.4, 0.5) is 0 Å². The van der Waals surface area contributed by atoms with Gasteiger partial charge in [0, 0.05) is 0 Å². The third kappa shape index (κ3) is 5.20. The molecule has 1 aromatic rings. The number of carboxylic acids is 1. The number of aromatic carboxylic acids is 1. The van der Waals surface area contributed by atoms with Crippen molar-refractivity contribution in [1.29, 1.82) is 0 Å². The summed E-state index contributed by atoms with van der Waals surface area (Å²) in [7, 11) is 0. The van der Waals surface area contributed by atoms with Gasteiger partial charge < -0.3 is 6.53 Å². The summed E-state index contributed by atoms with van der Waals surface area (Å²) in [6.07, 6.45) is 0. The van der Waals surface area contributed by atoms with Crippen molar-refractivity contribution in [2.45, 2.75) is 26.2 Å². The average Bonchev–Trinajstić information content (AvgIpc) is 2.03. The van der Waals surface area contributed by atoms with Crippen molar-refractivity contribution >= 4 is 23.3 Å². The van der Waals surface area contributed by atoms with Crippen molar-refractivity contribution in [2.75, 3.05) is 0 Å². The molecule has 0 heterocycles. The Balaban J connectivity index is -0.000000563. The minimum Gasteiger partial charge on any atom is -1.00 e. The molecular formula is C11H18AlNaO2. The molecule has 0 radical (unpaired) electrons. The van der Waals surface area contributed by atoms with Crippen LogP contribution in [-0.2, 0) is 5.41 Å². The molecule has 0 aliphatic rings. The number of carbonyl (C=O) groups is 1. The standard InChI is InChI=1S/C11H14O2.Al.Na.4H/c1-11(2,3)9-6-4-8(5-7-9)10(12)13;;;;;;/h4-7H,1-3H3,(H,12,13);;;;;;/q;;+1;;;;-1. The van der Waals surface area contributed by atoms with Crippen LogP contribution in [0.2, 0.25) is 0 Å². The van der Waals surface area contributed by atoms with Crippen molar-refractivity contribution in [3.63, 3.8) is 0 Å². The second-order valence-corrected chi connectivity index (χ2v) is 4.13. The fourth-order valence-corrected chi connectivity index (χ4v) is 1.11. The van der Waals surface area contributed by atoms with E-state index in [0.717, 1.165) is 5.56 Å². The molecule has 0 bridgehead atoms. The first-order valence-corrected chi connectivity index (χ1v) is 4.25. The molecule has 0 amide bonds. The topological polar surface area (TPSA) is 37.3 Å². The van der Waals surface area contributed by atoms with Crippen LogP contribution >= 0.6 is 0 Å². The quantitative estimate of drug-likeness (QED) is 0.606. The molecule has 0 aromatic heterocycles. The molecule has 0 spiro atoms. The molecule has 1 N–H and O–H groups in total. The smallest absolute Gasteiger partial charge is 1.00 e. The molecule has 1 aromatic carbocycles. The minimum absolute atomic E-state index is 0. The Morgan fingerprint density at radius 2 is 1.60 bits per heavy atom. The Hall–Kier alpha value is 0.222. The Labute approximate surface area is 125 Å². The third-order valence-electron chi connectivity index (χ3n) is 2.00. The summed E-state index contributed by atoms with van der Waals surface area (Å²) in [5, 5.41) is 8.68. The van der Waals surface area contributed by atoms with Crippen LogP contribution in [0.15, 0.2) is 24.3 Å². The Morgan fingerprint density at radius 1 is 1.20 bits per heavy atom. The molecule has 0 saturated heterocycles. The van der Waals surface area contributed by atoms with E-state index in [0.29, 0.717) is 5.56 Å². The fraction of sp³-hybridized carbons (Fsp3) is 0.364. The van der Waals surface area contributed by atoms with E-state index in [4.69, 9.17) is 5.11 Å². The van der Waals surface area contributed by atoms with E-state index in [1.807, 2.05) is 12.1 Å². The molecule has 15 heavy (non-hydrogen) atoms. The van der Waals surface area contributed by atoms with Crippen LogP contribution in [0.3, 0.4) is 0 Å². The normalized spacial score (nSPS) is 9.80. The van der Waals surface area contributed by atoms with Gasteiger partial charge in [-0.3, -0.25) is 0 Å². The summed E-state index contributed by atoms with van der Waals surface area (Å²) >= 11 is 0. The number of hydrogen-bond donors (Lipinski definition) is 1. The first kappa shape index (κ1) is 17.6. The van der Waals surface area contributed by atoms with Crippen molar-refractivity contribution < 1.29 is 40.9 Å². The Morgan fingerprint density at radius 3 is 1.87 bits per heavy atom. The van der Waals surface area contributed by atoms with Gasteiger partial charge in [-0.25, -0.2) is 4.79 Å². The number of benzene rings is 1. The number of hydrogen-bond acceptors (Lipinski definition) is 1. The van der Waals surface area contributed by atoms with Crippen molar-refractivity contribution in [1.82, 2.24) is 0 Å². The monoisotopic (exact) mass is 232 g/mol. The summed E-state index contributed by atoms with van der Waals surface area (Å²) in [4.78, 5) is 10.6. The Bertz CT molecular complexity index is 320. The maximum Gasteiger partial charge on any atom is 1.00 e. The van der Waals surface area contributed by atoms with Gasteiger partial charge in [-0.2, -0.15) is 0 Å². The maximum absolute atomic E-state index is 10.6. The van der Waals surface area contributed by atoms with Gasteiger partial charge in [0.2, 0.25) is 0 Å². The molecular weight excluding hydrogens is 214 g/mol. The van der Waals surface area contributed by atoms with Crippen molar-refractivity contribution in [2.24, 2.45) is 0 Å². The fourth-order valence-electron chi connectivity index (χ4n) is 1.11. The van der Waals surface area contributed by atoms with E-state index in [9.17, 15) is 4.79 Å². The summed E-state index contributed by atoms with van der Waals surface area (Å²) in [5.74, 6) is -0.875. The summed E-state index contributed by atoms with van der Waals surface area (Å²) < 4.78 is 0. The van der Waals surface area contributed by atoms with Crippen LogP contribution in [0.5, 0.6) is 0 Å². The van der Waals surface area contributed by atoms with Gasteiger partial charge in [0.25, 0.3) is 0 Å². The van der Waals surface area contributed by atoms with Gasteiger partial charge in [0.15, 0.2) is 17.4 Å². The molecule has 78 valence electrons. The van der Waals surface area contributed by atoms with Gasteiger partial charge in [0.1, 0.15) is 0 Å². The molecule has 4 heteroatoms. The number of rotatable bonds is 1. The first-order chi connectivity index (χ1) is 5.91. The summed E-state index contributed by atoms with van der Waals surface area (Å²) in [6, 6.07) is 7.01. The van der Waals surface area contributed by atoms with E-state index >= 15 is 0 Å². The van der Waals surface area contributed by atoms with Crippen LogP contribution in [0.25, 0.3) is 0 Å². The zero-order valence-corrected chi connectivity index (χ0v) is 11.2. The van der Waals surface area contributed by atoms with Crippen LogP contribution < -0.4 is 29.6 Å². The van der Waals surface area contributed by atoms with Gasteiger partial charge in [-0.05, 0) is 23.1 Å². The molecule has 0 saturated carbocycles. The van der Waals surface area contributed by atoms with Crippen molar-refractivity contribution in [3.8, 4) is 0 Å². The van der Waals surface area contributed by atoms with E-state index < -0.39 is 5.97 Å². The zero-order valence-electron chi connectivity index (χ0n) is 10.2. The third-order valence-corrected chi connectivity index (χ3v) is 2.00. The van der Waals surface area contributed by atoms with Crippen LogP contribution in [0, 0.1) is 0 Å². The maximum atomic E-state index is 10.6. The van der Waals surface area contributed by atoms with Gasteiger partial charge in [-0.1, -0.05) is 32.9 Å². The van der Waals surface area contributed by atoms with Gasteiger partial charge in [0.05, 0.1) is 5.56 Å². The minimum atomic E-state index is -0.875. The first-order valence-electron chi connectivity index (χ1n) is 4.25. The molecule has 0 aliphatic carbocycles. The largest absolute Gasteiger partial charge is 1.00 e. The second-order valence-electron chi connectivity index (χ2n) is 4.13. The summed E-state index contributed by atoms with van der Waals surface area (Å²) in [6.45, 7) is 6.30. The molecule has 1 rings (SSSR count). The SMILES string of the molecule is CC(C)(C)c1ccc(C(=O)O)cc1.[AlH3].[H-].[Na+]. The molecule has 0 aliphatic heterocycles.